The SMILES string of the molecule is CC(C)CC1NC(C(C)C)N(C2CC2C)C1=O. The topological polar surface area (TPSA) is 32.3 Å². The van der Waals surface area contributed by atoms with Gasteiger partial charge in [-0.1, -0.05) is 34.6 Å². The largest absolute Gasteiger partial charge is 0.322 e. The van der Waals surface area contributed by atoms with E-state index in [4.69, 9.17) is 0 Å². The molecule has 1 aliphatic heterocycles. The second kappa shape index (κ2) is 4.60. The number of nitrogens with one attached hydrogen (secondary N) is 1. The molecule has 0 spiro atoms. The lowest BCUT2D eigenvalue weighted by Gasteiger charge is -2.27. The van der Waals surface area contributed by atoms with Gasteiger partial charge in [0.2, 0.25) is 5.91 Å². The van der Waals surface area contributed by atoms with Crippen LogP contribution in [0.4, 0.5) is 0 Å². The van der Waals surface area contributed by atoms with Gasteiger partial charge < -0.3 is 4.90 Å². The molecule has 0 radical (unpaired) electrons. The van der Waals surface area contributed by atoms with E-state index in [9.17, 15) is 4.79 Å². The Morgan fingerprint density at radius 3 is 2.35 bits per heavy atom. The second-order valence-corrected chi connectivity index (χ2v) is 6.56. The second-order valence-electron chi connectivity index (χ2n) is 6.56. The van der Waals surface area contributed by atoms with E-state index in [-0.39, 0.29) is 12.2 Å². The van der Waals surface area contributed by atoms with E-state index >= 15 is 0 Å². The predicted octanol–water partition coefficient (Wildman–Crippen LogP) is 2.22. The summed E-state index contributed by atoms with van der Waals surface area (Å²) < 4.78 is 0. The minimum Gasteiger partial charge on any atom is -0.322 e. The Hall–Kier alpha value is -0.570. The van der Waals surface area contributed by atoms with Crippen LogP contribution in [0.5, 0.6) is 0 Å². The van der Waals surface area contributed by atoms with Crippen molar-refractivity contribution in [1.29, 1.82) is 0 Å². The molecule has 0 aromatic rings. The van der Waals surface area contributed by atoms with Crippen molar-refractivity contribution in [3.8, 4) is 0 Å². The van der Waals surface area contributed by atoms with Crippen LogP contribution in [0.15, 0.2) is 0 Å². The maximum absolute atomic E-state index is 12.4. The number of amides is 1. The van der Waals surface area contributed by atoms with Gasteiger partial charge in [-0.2, -0.15) is 0 Å². The first-order valence-corrected chi connectivity index (χ1v) is 7.00. The maximum atomic E-state index is 12.4. The summed E-state index contributed by atoms with van der Waals surface area (Å²) in [6.07, 6.45) is 2.39. The third-order valence-electron chi connectivity index (χ3n) is 3.99. The number of hydrogen-bond acceptors (Lipinski definition) is 2. The summed E-state index contributed by atoms with van der Waals surface area (Å²) in [5, 5.41) is 3.54. The zero-order valence-corrected chi connectivity index (χ0v) is 11.7. The van der Waals surface area contributed by atoms with Crippen LogP contribution in [0.25, 0.3) is 0 Å². The van der Waals surface area contributed by atoms with Gasteiger partial charge in [-0.05, 0) is 30.6 Å². The van der Waals surface area contributed by atoms with E-state index in [2.05, 4.69) is 44.8 Å². The highest BCUT2D eigenvalue weighted by Crippen LogP contribution is 2.39. The average molecular weight is 238 g/mol. The molecule has 17 heavy (non-hydrogen) atoms. The fraction of sp³-hybridized carbons (Fsp3) is 0.929. The minimum absolute atomic E-state index is 0.0511. The van der Waals surface area contributed by atoms with Crippen LogP contribution in [-0.4, -0.2) is 29.1 Å². The van der Waals surface area contributed by atoms with Crippen LogP contribution in [0.3, 0.4) is 0 Å². The first kappa shape index (κ1) is 12.9. The highest BCUT2D eigenvalue weighted by atomic mass is 16.2. The number of rotatable bonds is 4. The molecular formula is C14H26N2O. The highest BCUT2D eigenvalue weighted by Gasteiger charge is 2.50. The molecule has 2 fully saturated rings. The van der Waals surface area contributed by atoms with Gasteiger partial charge in [-0.3, -0.25) is 10.1 Å². The van der Waals surface area contributed by atoms with Crippen molar-refractivity contribution >= 4 is 5.91 Å². The van der Waals surface area contributed by atoms with Gasteiger partial charge in [0, 0.05) is 6.04 Å². The van der Waals surface area contributed by atoms with Gasteiger partial charge in [0.25, 0.3) is 0 Å². The fourth-order valence-corrected chi connectivity index (χ4v) is 2.89. The molecule has 0 aromatic heterocycles. The van der Waals surface area contributed by atoms with E-state index in [1.54, 1.807) is 0 Å². The number of carbonyl (C=O) groups excluding carboxylic acids is 1. The molecule has 1 heterocycles. The van der Waals surface area contributed by atoms with Crippen LogP contribution < -0.4 is 5.32 Å². The zero-order chi connectivity index (χ0) is 12.7. The smallest absolute Gasteiger partial charge is 0.241 e. The van der Waals surface area contributed by atoms with Crippen LogP contribution in [-0.2, 0) is 4.79 Å². The molecular weight excluding hydrogens is 212 g/mol. The fourth-order valence-electron chi connectivity index (χ4n) is 2.89. The lowest BCUT2D eigenvalue weighted by atomic mass is 10.0. The van der Waals surface area contributed by atoms with Crippen LogP contribution >= 0.6 is 0 Å². The van der Waals surface area contributed by atoms with Crippen molar-refractivity contribution in [2.75, 3.05) is 0 Å². The summed E-state index contributed by atoms with van der Waals surface area (Å²) >= 11 is 0. The molecule has 0 bridgehead atoms. The van der Waals surface area contributed by atoms with Crippen LogP contribution in [0.2, 0.25) is 0 Å². The summed E-state index contributed by atoms with van der Waals surface area (Å²) in [6.45, 7) is 11.0. The highest BCUT2D eigenvalue weighted by molar-refractivity contribution is 5.85. The normalized spacial score (nSPS) is 37.4. The van der Waals surface area contributed by atoms with Gasteiger partial charge >= 0.3 is 0 Å². The summed E-state index contributed by atoms with van der Waals surface area (Å²) in [5.74, 6) is 2.09. The molecule has 2 aliphatic rings. The lowest BCUT2D eigenvalue weighted by molar-refractivity contribution is -0.131. The first-order valence-electron chi connectivity index (χ1n) is 7.00. The minimum atomic E-state index is 0.0511. The molecule has 0 aromatic carbocycles. The van der Waals surface area contributed by atoms with Gasteiger partial charge in [-0.15, -0.1) is 0 Å². The molecule has 1 saturated heterocycles. The van der Waals surface area contributed by atoms with E-state index in [0.29, 0.717) is 29.7 Å². The lowest BCUT2D eigenvalue weighted by Crippen LogP contribution is -2.43. The molecule has 4 atom stereocenters. The molecule has 1 amide bonds. The van der Waals surface area contributed by atoms with Crippen molar-refractivity contribution in [1.82, 2.24) is 10.2 Å². The summed E-state index contributed by atoms with van der Waals surface area (Å²) in [6, 6.07) is 0.551. The quantitative estimate of drug-likeness (QED) is 0.814. The Morgan fingerprint density at radius 1 is 1.35 bits per heavy atom. The molecule has 2 rings (SSSR count). The summed E-state index contributed by atoms with van der Waals surface area (Å²) in [7, 11) is 0. The number of carbonyl (C=O) groups is 1. The van der Waals surface area contributed by atoms with Crippen molar-refractivity contribution in [3.05, 3.63) is 0 Å². The van der Waals surface area contributed by atoms with Gasteiger partial charge in [0.05, 0.1) is 12.2 Å². The molecule has 4 unspecified atom stereocenters. The van der Waals surface area contributed by atoms with Gasteiger partial charge in [0.15, 0.2) is 0 Å². The third-order valence-corrected chi connectivity index (χ3v) is 3.99. The molecule has 1 saturated carbocycles. The van der Waals surface area contributed by atoms with Crippen LogP contribution in [0.1, 0.15) is 47.5 Å². The van der Waals surface area contributed by atoms with Gasteiger partial charge in [0.1, 0.15) is 0 Å². The van der Waals surface area contributed by atoms with Crippen molar-refractivity contribution in [2.24, 2.45) is 17.8 Å². The Balaban J connectivity index is 2.09. The van der Waals surface area contributed by atoms with Crippen molar-refractivity contribution in [2.45, 2.75) is 65.7 Å². The first-order chi connectivity index (χ1) is 7.91. The van der Waals surface area contributed by atoms with Gasteiger partial charge in [-0.25, -0.2) is 0 Å². The van der Waals surface area contributed by atoms with E-state index in [1.165, 1.54) is 6.42 Å². The average Bonchev–Trinajstić information content (AvgIpc) is 2.82. The monoisotopic (exact) mass is 238 g/mol. The van der Waals surface area contributed by atoms with Crippen molar-refractivity contribution < 1.29 is 4.79 Å². The number of hydrogen-bond donors (Lipinski definition) is 1. The molecule has 1 aliphatic carbocycles. The predicted molar refractivity (Wildman–Crippen MR) is 69.4 cm³/mol. The Morgan fingerprint density at radius 2 is 1.94 bits per heavy atom. The zero-order valence-electron chi connectivity index (χ0n) is 11.7. The molecule has 3 nitrogen and oxygen atoms in total. The van der Waals surface area contributed by atoms with Crippen LogP contribution in [0, 0.1) is 17.8 Å². The molecule has 98 valence electrons. The third kappa shape index (κ3) is 2.49. The number of nitrogens with zero attached hydrogens (tertiary/aromatic N) is 1. The summed E-state index contributed by atoms with van der Waals surface area (Å²) in [5.41, 5.74) is 0. The van der Waals surface area contributed by atoms with E-state index in [1.807, 2.05) is 0 Å². The van der Waals surface area contributed by atoms with E-state index < -0.39 is 0 Å². The van der Waals surface area contributed by atoms with E-state index in [0.717, 1.165) is 6.42 Å². The molecule has 3 heteroatoms. The Bertz CT molecular complexity index is 301. The maximum Gasteiger partial charge on any atom is 0.241 e. The Kier molecular flexibility index (Phi) is 3.48. The summed E-state index contributed by atoms with van der Waals surface area (Å²) in [4.78, 5) is 14.6. The Labute approximate surface area is 105 Å². The van der Waals surface area contributed by atoms with Crippen molar-refractivity contribution in [3.63, 3.8) is 0 Å². The standard InChI is InChI=1S/C14H26N2O/c1-8(2)6-11-14(17)16(12-7-10(12)5)13(15-11)9(3)4/h8-13,15H,6-7H2,1-5H3. The molecule has 1 N–H and O–H groups in total.